The summed E-state index contributed by atoms with van der Waals surface area (Å²) in [6.07, 6.45) is 0. The normalized spacial score (nSPS) is 10.3. The monoisotopic (exact) mass is 279 g/mol. The van der Waals surface area contributed by atoms with Crippen LogP contribution in [0.1, 0.15) is 11.3 Å². The minimum atomic E-state index is -0.662. The van der Waals surface area contributed by atoms with Crippen LogP contribution in [0.25, 0.3) is 0 Å². The van der Waals surface area contributed by atoms with Crippen molar-refractivity contribution in [3.05, 3.63) is 53.2 Å². The SMILES string of the molecule is Cc1cc(C(N)=S)cc(Nc2cc(F)cc(F)c2)n1. The summed E-state index contributed by atoms with van der Waals surface area (Å²) in [5, 5.41) is 2.82. The van der Waals surface area contributed by atoms with Crippen molar-refractivity contribution in [1.29, 1.82) is 0 Å². The van der Waals surface area contributed by atoms with Crippen molar-refractivity contribution in [3.63, 3.8) is 0 Å². The second-order valence-electron chi connectivity index (χ2n) is 4.03. The Labute approximate surface area is 114 Å². The van der Waals surface area contributed by atoms with Crippen molar-refractivity contribution < 1.29 is 8.78 Å². The van der Waals surface area contributed by atoms with Gasteiger partial charge in [0, 0.05) is 23.0 Å². The first-order chi connectivity index (χ1) is 8.94. The number of thiocarbonyl (C=S) groups is 1. The predicted molar refractivity (Wildman–Crippen MR) is 74.5 cm³/mol. The molecule has 0 spiro atoms. The van der Waals surface area contributed by atoms with Crippen LogP contribution in [0.2, 0.25) is 0 Å². The highest BCUT2D eigenvalue weighted by molar-refractivity contribution is 7.80. The number of nitrogens with one attached hydrogen (secondary N) is 1. The van der Waals surface area contributed by atoms with Crippen LogP contribution in [0.3, 0.4) is 0 Å². The van der Waals surface area contributed by atoms with Crippen LogP contribution < -0.4 is 11.1 Å². The third-order valence-electron chi connectivity index (χ3n) is 2.37. The Hall–Kier alpha value is -2.08. The van der Waals surface area contributed by atoms with E-state index in [1.807, 2.05) is 0 Å². The topological polar surface area (TPSA) is 50.9 Å². The maximum Gasteiger partial charge on any atom is 0.131 e. The molecule has 1 aromatic heterocycles. The number of aryl methyl sites for hydroxylation is 1. The van der Waals surface area contributed by atoms with E-state index in [0.29, 0.717) is 17.1 Å². The number of benzene rings is 1. The Morgan fingerprint density at radius 2 is 1.79 bits per heavy atom. The smallest absolute Gasteiger partial charge is 0.131 e. The van der Waals surface area contributed by atoms with Crippen LogP contribution in [0.15, 0.2) is 30.3 Å². The lowest BCUT2D eigenvalue weighted by molar-refractivity contribution is 0.584. The molecule has 2 rings (SSSR count). The molecule has 0 atom stereocenters. The van der Waals surface area contributed by atoms with Crippen LogP contribution in [-0.4, -0.2) is 9.97 Å². The highest BCUT2D eigenvalue weighted by atomic mass is 32.1. The van der Waals surface area contributed by atoms with Gasteiger partial charge >= 0.3 is 0 Å². The van der Waals surface area contributed by atoms with Gasteiger partial charge in [-0.1, -0.05) is 12.2 Å². The Kier molecular flexibility index (Phi) is 3.71. The summed E-state index contributed by atoms with van der Waals surface area (Å²) in [6.45, 7) is 1.78. The van der Waals surface area contributed by atoms with Gasteiger partial charge < -0.3 is 11.1 Å². The second kappa shape index (κ2) is 5.27. The van der Waals surface area contributed by atoms with Gasteiger partial charge in [-0.25, -0.2) is 13.8 Å². The zero-order chi connectivity index (χ0) is 14.0. The maximum atomic E-state index is 13.1. The molecule has 98 valence electrons. The molecular weight excluding hydrogens is 268 g/mol. The molecule has 0 unspecified atom stereocenters. The summed E-state index contributed by atoms with van der Waals surface area (Å²) in [7, 11) is 0. The maximum absolute atomic E-state index is 13.1. The molecule has 0 aliphatic carbocycles. The largest absolute Gasteiger partial charge is 0.389 e. The Morgan fingerprint density at radius 3 is 2.37 bits per heavy atom. The summed E-state index contributed by atoms with van der Waals surface area (Å²) >= 11 is 4.89. The lowest BCUT2D eigenvalue weighted by atomic mass is 10.2. The van der Waals surface area contributed by atoms with E-state index >= 15 is 0 Å². The van der Waals surface area contributed by atoms with Gasteiger partial charge in [0.25, 0.3) is 0 Å². The number of halogens is 2. The average molecular weight is 279 g/mol. The summed E-state index contributed by atoms with van der Waals surface area (Å²) < 4.78 is 26.2. The molecule has 1 aromatic carbocycles. The zero-order valence-corrected chi connectivity index (χ0v) is 10.9. The third kappa shape index (κ3) is 3.45. The van der Waals surface area contributed by atoms with E-state index in [1.54, 1.807) is 19.1 Å². The second-order valence-corrected chi connectivity index (χ2v) is 4.47. The van der Waals surface area contributed by atoms with Gasteiger partial charge in [-0.2, -0.15) is 0 Å². The van der Waals surface area contributed by atoms with Crippen molar-refractivity contribution in [2.75, 3.05) is 5.32 Å². The number of anilines is 2. The predicted octanol–water partition coefficient (Wildman–Crippen LogP) is 3.05. The van der Waals surface area contributed by atoms with Gasteiger partial charge in [0.15, 0.2) is 0 Å². The fraction of sp³-hybridized carbons (Fsp3) is 0.0769. The standard InChI is InChI=1S/C13H11F2N3S/c1-7-2-8(13(16)19)3-12(17-7)18-11-5-9(14)4-10(15)6-11/h2-6H,1H3,(H2,16,19)(H,17,18). The first-order valence-corrected chi connectivity index (χ1v) is 5.86. The van der Waals surface area contributed by atoms with E-state index in [-0.39, 0.29) is 10.7 Å². The van der Waals surface area contributed by atoms with Crippen molar-refractivity contribution >= 4 is 28.7 Å². The minimum absolute atomic E-state index is 0.235. The van der Waals surface area contributed by atoms with Crippen LogP contribution >= 0.6 is 12.2 Å². The molecule has 0 radical (unpaired) electrons. The first kappa shape index (κ1) is 13.4. The quantitative estimate of drug-likeness (QED) is 0.848. The van der Waals surface area contributed by atoms with Gasteiger partial charge in [-0.05, 0) is 31.2 Å². The summed E-state index contributed by atoms with van der Waals surface area (Å²) in [5.74, 6) is -0.901. The number of nitrogens with zero attached hydrogens (tertiary/aromatic N) is 1. The zero-order valence-electron chi connectivity index (χ0n) is 10.1. The average Bonchev–Trinajstić information content (AvgIpc) is 2.26. The van der Waals surface area contributed by atoms with Gasteiger partial charge in [-0.3, -0.25) is 0 Å². The molecule has 0 saturated carbocycles. The molecule has 0 fully saturated rings. The molecule has 0 saturated heterocycles. The lowest BCUT2D eigenvalue weighted by Gasteiger charge is -2.09. The molecule has 3 nitrogen and oxygen atoms in total. The molecule has 0 aliphatic rings. The number of hydrogen-bond acceptors (Lipinski definition) is 3. The molecule has 19 heavy (non-hydrogen) atoms. The number of nitrogens with two attached hydrogens (primary N) is 1. The Balaban J connectivity index is 2.35. The number of hydrogen-bond donors (Lipinski definition) is 2. The Bertz CT molecular complexity index is 624. The molecule has 0 bridgehead atoms. The van der Waals surface area contributed by atoms with E-state index in [1.165, 1.54) is 12.1 Å². The Morgan fingerprint density at radius 1 is 1.16 bits per heavy atom. The van der Waals surface area contributed by atoms with Crippen molar-refractivity contribution in [2.45, 2.75) is 6.92 Å². The van der Waals surface area contributed by atoms with E-state index < -0.39 is 11.6 Å². The van der Waals surface area contributed by atoms with E-state index in [0.717, 1.165) is 6.07 Å². The first-order valence-electron chi connectivity index (χ1n) is 5.45. The highest BCUT2D eigenvalue weighted by Crippen LogP contribution is 2.19. The fourth-order valence-electron chi connectivity index (χ4n) is 1.65. The van der Waals surface area contributed by atoms with Gasteiger partial charge in [0.2, 0.25) is 0 Å². The molecule has 0 amide bonds. The molecule has 3 N–H and O–H groups in total. The van der Waals surface area contributed by atoms with Crippen LogP contribution in [0, 0.1) is 18.6 Å². The van der Waals surface area contributed by atoms with E-state index in [2.05, 4.69) is 10.3 Å². The molecule has 1 heterocycles. The van der Waals surface area contributed by atoms with Crippen LogP contribution in [0.5, 0.6) is 0 Å². The number of rotatable bonds is 3. The minimum Gasteiger partial charge on any atom is -0.389 e. The molecule has 6 heteroatoms. The number of pyridine rings is 1. The molecular formula is C13H11F2N3S. The summed E-state index contributed by atoms with van der Waals surface area (Å²) in [4.78, 5) is 4.43. The van der Waals surface area contributed by atoms with Crippen molar-refractivity contribution in [2.24, 2.45) is 5.73 Å². The molecule has 0 aliphatic heterocycles. The summed E-state index contributed by atoms with van der Waals surface area (Å²) in [6, 6.07) is 6.51. The lowest BCUT2D eigenvalue weighted by Crippen LogP contribution is -2.10. The summed E-state index contributed by atoms with van der Waals surface area (Å²) in [5.41, 5.74) is 7.16. The van der Waals surface area contributed by atoms with Gasteiger partial charge in [-0.15, -0.1) is 0 Å². The molecule has 2 aromatic rings. The fourth-order valence-corrected chi connectivity index (χ4v) is 1.77. The van der Waals surface area contributed by atoms with Crippen molar-refractivity contribution in [1.82, 2.24) is 4.98 Å². The number of aromatic nitrogens is 1. The van der Waals surface area contributed by atoms with E-state index in [9.17, 15) is 8.78 Å². The highest BCUT2D eigenvalue weighted by Gasteiger charge is 2.05. The van der Waals surface area contributed by atoms with Gasteiger partial charge in [0.1, 0.15) is 22.4 Å². The third-order valence-corrected chi connectivity index (χ3v) is 2.61. The van der Waals surface area contributed by atoms with Gasteiger partial charge in [0.05, 0.1) is 0 Å². The van der Waals surface area contributed by atoms with E-state index in [4.69, 9.17) is 18.0 Å². The van der Waals surface area contributed by atoms with Crippen molar-refractivity contribution in [3.8, 4) is 0 Å². The van der Waals surface area contributed by atoms with Crippen LogP contribution in [0.4, 0.5) is 20.3 Å². The van der Waals surface area contributed by atoms with Crippen LogP contribution in [-0.2, 0) is 0 Å².